The van der Waals surface area contributed by atoms with Gasteiger partial charge in [0, 0.05) is 0 Å². The van der Waals surface area contributed by atoms with Crippen LogP contribution in [0.25, 0.3) is 0 Å². The van der Waals surface area contributed by atoms with Gasteiger partial charge < -0.3 is 9.84 Å². The Hall–Kier alpha value is -1.18. The topological polar surface area (TPSA) is 29.5 Å². The summed E-state index contributed by atoms with van der Waals surface area (Å²) in [4.78, 5) is 0. The van der Waals surface area contributed by atoms with E-state index in [0.29, 0.717) is 6.10 Å². The Labute approximate surface area is 105 Å². The third-order valence-corrected chi connectivity index (χ3v) is 2.90. The monoisotopic (exact) mass is 236 g/mol. The smallest absolute Gasteiger partial charge is 0.119 e. The maximum absolute atomic E-state index is 9.22. The standard InChI is InChI=1S/C15H24O2/c1-3-5-7-14(8-6-4-2)17-15-11-9-13(16)10-12-15/h9-12,14,16H,3-8H2,1-2H3. The first-order valence-electron chi connectivity index (χ1n) is 6.72. The second-order valence-corrected chi connectivity index (χ2v) is 4.52. The van der Waals surface area contributed by atoms with Crippen molar-refractivity contribution in [1.82, 2.24) is 0 Å². The van der Waals surface area contributed by atoms with Crippen LogP contribution in [0, 0.1) is 0 Å². The number of unbranched alkanes of at least 4 members (excludes halogenated alkanes) is 2. The molecule has 0 saturated heterocycles. The molecule has 0 atom stereocenters. The lowest BCUT2D eigenvalue weighted by atomic mass is 10.1. The number of hydrogen-bond donors (Lipinski definition) is 1. The van der Waals surface area contributed by atoms with Gasteiger partial charge in [-0.05, 0) is 37.1 Å². The van der Waals surface area contributed by atoms with Gasteiger partial charge in [-0.3, -0.25) is 0 Å². The molecule has 0 radical (unpaired) electrons. The van der Waals surface area contributed by atoms with Gasteiger partial charge in [0.1, 0.15) is 11.5 Å². The van der Waals surface area contributed by atoms with E-state index in [0.717, 1.165) is 18.6 Å². The van der Waals surface area contributed by atoms with Crippen LogP contribution in [0.3, 0.4) is 0 Å². The Kier molecular flexibility index (Phi) is 6.53. The number of hydrogen-bond acceptors (Lipinski definition) is 2. The van der Waals surface area contributed by atoms with Gasteiger partial charge in [0.05, 0.1) is 6.10 Å². The van der Waals surface area contributed by atoms with E-state index in [1.54, 1.807) is 12.1 Å². The molecular weight excluding hydrogens is 212 g/mol. The fraction of sp³-hybridized carbons (Fsp3) is 0.600. The molecule has 0 fully saturated rings. The molecule has 17 heavy (non-hydrogen) atoms. The van der Waals surface area contributed by atoms with Gasteiger partial charge in [-0.1, -0.05) is 39.5 Å². The van der Waals surface area contributed by atoms with Gasteiger partial charge in [0.2, 0.25) is 0 Å². The van der Waals surface area contributed by atoms with Crippen molar-refractivity contribution in [2.24, 2.45) is 0 Å². The van der Waals surface area contributed by atoms with Crippen LogP contribution in [0.2, 0.25) is 0 Å². The maximum atomic E-state index is 9.22. The van der Waals surface area contributed by atoms with E-state index < -0.39 is 0 Å². The van der Waals surface area contributed by atoms with Gasteiger partial charge in [-0.15, -0.1) is 0 Å². The van der Waals surface area contributed by atoms with Crippen molar-refractivity contribution >= 4 is 0 Å². The first-order valence-corrected chi connectivity index (χ1v) is 6.72. The van der Waals surface area contributed by atoms with Gasteiger partial charge in [-0.2, -0.15) is 0 Å². The van der Waals surface area contributed by atoms with E-state index in [1.165, 1.54) is 25.7 Å². The van der Waals surface area contributed by atoms with Gasteiger partial charge in [-0.25, -0.2) is 0 Å². The SMILES string of the molecule is CCCCC(CCCC)Oc1ccc(O)cc1. The summed E-state index contributed by atoms with van der Waals surface area (Å²) in [5.74, 6) is 1.15. The normalized spacial score (nSPS) is 10.8. The molecule has 96 valence electrons. The average molecular weight is 236 g/mol. The molecule has 2 heteroatoms. The van der Waals surface area contributed by atoms with E-state index in [4.69, 9.17) is 4.74 Å². The highest BCUT2D eigenvalue weighted by atomic mass is 16.5. The Bertz CT molecular complexity index is 284. The summed E-state index contributed by atoms with van der Waals surface area (Å²) in [6.07, 6.45) is 7.41. The van der Waals surface area contributed by atoms with E-state index in [-0.39, 0.29) is 5.75 Å². The lowest BCUT2D eigenvalue weighted by molar-refractivity contribution is 0.174. The number of ether oxygens (including phenoxy) is 1. The molecule has 0 aliphatic heterocycles. The lowest BCUT2D eigenvalue weighted by Crippen LogP contribution is -2.16. The van der Waals surface area contributed by atoms with Crippen LogP contribution in [0.15, 0.2) is 24.3 Å². The highest BCUT2D eigenvalue weighted by molar-refractivity contribution is 5.30. The minimum absolute atomic E-state index is 0.288. The molecule has 0 saturated carbocycles. The van der Waals surface area contributed by atoms with Crippen LogP contribution >= 0.6 is 0 Å². The molecule has 0 aliphatic rings. The van der Waals surface area contributed by atoms with Crippen molar-refractivity contribution in [3.63, 3.8) is 0 Å². The molecule has 0 aliphatic carbocycles. The third kappa shape index (κ3) is 5.62. The molecule has 0 aromatic heterocycles. The first-order chi connectivity index (χ1) is 8.26. The van der Waals surface area contributed by atoms with E-state index in [9.17, 15) is 5.11 Å². The first kappa shape index (κ1) is 13.9. The van der Waals surface area contributed by atoms with Crippen molar-refractivity contribution in [3.05, 3.63) is 24.3 Å². The van der Waals surface area contributed by atoms with E-state index in [1.807, 2.05) is 12.1 Å². The molecular formula is C15H24O2. The molecule has 0 unspecified atom stereocenters. The highest BCUT2D eigenvalue weighted by Crippen LogP contribution is 2.21. The van der Waals surface area contributed by atoms with Crippen LogP contribution in [0.1, 0.15) is 52.4 Å². The predicted octanol–water partition coefficient (Wildman–Crippen LogP) is 4.52. The van der Waals surface area contributed by atoms with E-state index in [2.05, 4.69) is 13.8 Å². The van der Waals surface area contributed by atoms with Crippen molar-refractivity contribution in [2.75, 3.05) is 0 Å². The van der Waals surface area contributed by atoms with Crippen LogP contribution < -0.4 is 4.74 Å². The highest BCUT2D eigenvalue weighted by Gasteiger charge is 2.09. The summed E-state index contributed by atoms with van der Waals surface area (Å²) in [7, 11) is 0. The second-order valence-electron chi connectivity index (χ2n) is 4.52. The summed E-state index contributed by atoms with van der Waals surface area (Å²) in [5, 5.41) is 9.22. The molecule has 1 rings (SSSR count). The van der Waals surface area contributed by atoms with Crippen LogP contribution in [-0.4, -0.2) is 11.2 Å². The fourth-order valence-electron chi connectivity index (χ4n) is 1.84. The molecule has 2 nitrogen and oxygen atoms in total. The fourth-order valence-corrected chi connectivity index (χ4v) is 1.84. The number of phenolic OH excluding ortho intramolecular Hbond substituents is 1. The zero-order valence-electron chi connectivity index (χ0n) is 11.0. The molecule has 0 bridgehead atoms. The Morgan fingerprint density at radius 2 is 1.53 bits per heavy atom. The lowest BCUT2D eigenvalue weighted by Gasteiger charge is -2.18. The molecule has 1 aromatic rings. The van der Waals surface area contributed by atoms with Gasteiger partial charge in [0.25, 0.3) is 0 Å². The number of benzene rings is 1. The summed E-state index contributed by atoms with van der Waals surface area (Å²) >= 11 is 0. The molecule has 1 aromatic carbocycles. The molecule has 0 spiro atoms. The minimum atomic E-state index is 0.288. The summed E-state index contributed by atoms with van der Waals surface area (Å²) in [5.41, 5.74) is 0. The second kappa shape index (κ2) is 7.99. The quantitative estimate of drug-likeness (QED) is 0.719. The Morgan fingerprint density at radius 1 is 1.00 bits per heavy atom. The number of aromatic hydroxyl groups is 1. The number of rotatable bonds is 8. The Morgan fingerprint density at radius 3 is 2.00 bits per heavy atom. The summed E-state index contributed by atoms with van der Waals surface area (Å²) < 4.78 is 5.96. The average Bonchev–Trinajstić information content (AvgIpc) is 2.35. The zero-order valence-corrected chi connectivity index (χ0v) is 11.0. The van der Waals surface area contributed by atoms with Gasteiger partial charge in [0.15, 0.2) is 0 Å². The largest absolute Gasteiger partial charge is 0.508 e. The summed E-state index contributed by atoms with van der Waals surface area (Å²) in [6.45, 7) is 4.41. The van der Waals surface area contributed by atoms with Crippen molar-refractivity contribution in [2.45, 2.75) is 58.5 Å². The maximum Gasteiger partial charge on any atom is 0.119 e. The van der Waals surface area contributed by atoms with Crippen LogP contribution in [-0.2, 0) is 0 Å². The zero-order chi connectivity index (χ0) is 12.5. The van der Waals surface area contributed by atoms with Gasteiger partial charge >= 0.3 is 0 Å². The van der Waals surface area contributed by atoms with Crippen molar-refractivity contribution < 1.29 is 9.84 Å². The third-order valence-electron chi connectivity index (χ3n) is 2.90. The van der Waals surface area contributed by atoms with Crippen molar-refractivity contribution in [3.8, 4) is 11.5 Å². The summed E-state index contributed by atoms with van der Waals surface area (Å²) in [6, 6.07) is 7.01. The Balaban J connectivity index is 2.48. The molecule has 0 heterocycles. The van der Waals surface area contributed by atoms with E-state index >= 15 is 0 Å². The minimum Gasteiger partial charge on any atom is -0.508 e. The predicted molar refractivity (Wildman–Crippen MR) is 71.6 cm³/mol. The molecule has 1 N–H and O–H groups in total. The number of phenols is 1. The van der Waals surface area contributed by atoms with Crippen LogP contribution in [0.4, 0.5) is 0 Å². The van der Waals surface area contributed by atoms with Crippen LogP contribution in [0.5, 0.6) is 11.5 Å². The molecule has 0 amide bonds. The van der Waals surface area contributed by atoms with Crippen molar-refractivity contribution in [1.29, 1.82) is 0 Å².